The highest BCUT2D eigenvalue weighted by Gasteiger charge is 2.24. The number of alkyl carbamates (subject to hydrolysis) is 1. The van der Waals surface area contributed by atoms with E-state index >= 15 is 0 Å². The van der Waals surface area contributed by atoms with Gasteiger partial charge in [-0.05, 0) is 57.9 Å². The number of hydrogen-bond donors (Lipinski definition) is 1. The summed E-state index contributed by atoms with van der Waals surface area (Å²) in [4.78, 5) is 43.2. The largest absolute Gasteiger partial charge is 0.438 e. The van der Waals surface area contributed by atoms with E-state index in [4.69, 9.17) is 14.2 Å². The second-order valence-corrected chi connectivity index (χ2v) is 12.1. The van der Waals surface area contributed by atoms with Crippen LogP contribution in [0.4, 0.5) is 9.59 Å². The fraction of sp³-hybridized carbons (Fsp3) is 0.680. The molecule has 37 heavy (non-hydrogen) atoms. The maximum absolute atomic E-state index is 13.0. The highest BCUT2D eigenvalue weighted by atomic mass is 32.2. The van der Waals surface area contributed by atoms with E-state index in [1.807, 2.05) is 60.0 Å². The summed E-state index contributed by atoms with van der Waals surface area (Å²) in [6.45, 7) is 16.8. The molecule has 0 radical (unpaired) electrons. The summed E-state index contributed by atoms with van der Waals surface area (Å²) >= 11 is 1.14. The molecule has 0 fully saturated rings. The van der Waals surface area contributed by atoms with Gasteiger partial charge in [0.05, 0.1) is 18.2 Å². The third kappa shape index (κ3) is 9.26. The van der Waals surface area contributed by atoms with Gasteiger partial charge in [0, 0.05) is 31.9 Å². The molecule has 0 aromatic carbocycles. The monoisotopic (exact) mass is 539 g/mol. The molecule has 0 aliphatic rings. The minimum atomic E-state index is -0.534. The van der Waals surface area contributed by atoms with Crippen molar-refractivity contribution in [2.24, 2.45) is 5.41 Å². The standard InChI is InChI=1S/C25H41N5O6S/c1-17(2)34-13-12-30-18-10-11-29(15-35-23(33)28(9)25(6,7)8)19(18)20(31)27-21(30)37-16-36-22(32)26-14-24(3,4)5/h10-11,17H,12-16H2,1-9H3,(H,26,32). The molecule has 0 saturated heterocycles. The number of nitrogens with one attached hydrogen (secondary N) is 1. The number of aromatic nitrogens is 3. The van der Waals surface area contributed by atoms with E-state index in [1.54, 1.807) is 23.9 Å². The zero-order chi connectivity index (χ0) is 28.0. The van der Waals surface area contributed by atoms with E-state index in [0.717, 1.165) is 11.8 Å². The molecule has 2 rings (SSSR count). The van der Waals surface area contributed by atoms with Gasteiger partial charge in [0.15, 0.2) is 11.9 Å². The lowest BCUT2D eigenvalue weighted by molar-refractivity contribution is 0.0597. The molecule has 208 valence electrons. The summed E-state index contributed by atoms with van der Waals surface area (Å²) < 4.78 is 19.8. The van der Waals surface area contributed by atoms with Crippen molar-refractivity contribution in [3.05, 3.63) is 22.6 Å². The van der Waals surface area contributed by atoms with Crippen LogP contribution in [-0.2, 0) is 27.5 Å². The fourth-order valence-corrected chi connectivity index (χ4v) is 3.81. The zero-order valence-electron chi connectivity index (χ0n) is 23.4. The molecule has 1 N–H and O–H groups in total. The Labute approximate surface area is 222 Å². The normalized spacial score (nSPS) is 12.2. The van der Waals surface area contributed by atoms with Gasteiger partial charge in [0.2, 0.25) is 0 Å². The van der Waals surface area contributed by atoms with Crippen molar-refractivity contribution in [3.63, 3.8) is 0 Å². The first-order chi connectivity index (χ1) is 17.1. The highest BCUT2D eigenvalue weighted by molar-refractivity contribution is 7.99. The van der Waals surface area contributed by atoms with Crippen molar-refractivity contribution >= 4 is 35.0 Å². The Balaban J connectivity index is 2.24. The zero-order valence-corrected chi connectivity index (χ0v) is 24.2. The lowest BCUT2D eigenvalue weighted by Crippen LogP contribution is -2.43. The third-order valence-corrected chi connectivity index (χ3v) is 6.18. The number of thioether (sulfide) groups is 1. The van der Waals surface area contributed by atoms with E-state index in [9.17, 15) is 14.4 Å². The van der Waals surface area contributed by atoms with Crippen LogP contribution in [0.25, 0.3) is 11.0 Å². The number of fused-ring (bicyclic) bond motifs is 1. The van der Waals surface area contributed by atoms with Crippen LogP contribution < -0.4 is 10.9 Å². The van der Waals surface area contributed by atoms with E-state index in [2.05, 4.69) is 10.3 Å². The van der Waals surface area contributed by atoms with E-state index in [-0.39, 0.29) is 24.2 Å². The number of ether oxygens (including phenoxy) is 3. The summed E-state index contributed by atoms with van der Waals surface area (Å²) in [7, 11) is 1.66. The molecular weight excluding hydrogens is 498 g/mol. The van der Waals surface area contributed by atoms with Gasteiger partial charge in [0.1, 0.15) is 11.5 Å². The average Bonchev–Trinajstić information content (AvgIpc) is 3.20. The first-order valence-corrected chi connectivity index (χ1v) is 13.2. The molecular formula is C25H41N5O6S. The van der Waals surface area contributed by atoms with E-state index < -0.39 is 23.3 Å². The Hall–Kier alpha value is -2.73. The van der Waals surface area contributed by atoms with Crippen molar-refractivity contribution in [2.45, 2.75) is 85.5 Å². The highest BCUT2D eigenvalue weighted by Crippen LogP contribution is 2.22. The number of hydrogen-bond acceptors (Lipinski definition) is 8. The quantitative estimate of drug-likeness (QED) is 0.270. The maximum Gasteiger partial charge on any atom is 0.411 e. The minimum Gasteiger partial charge on any atom is -0.438 e. The Bertz CT molecular complexity index is 1130. The van der Waals surface area contributed by atoms with E-state index in [0.29, 0.717) is 35.9 Å². The lowest BCUT2D eigenvalue weighted by atomic mass is 9.97. The first-order valence-electron chi connectivity index (χ1n) is 12.3. The van der Waals surface area contributed by atoms with Crippen LogP contribution in [0.5, 0.6) is 0 Å². The fourth-order valence-electron chi connectivity index (χ4n) is 3.05. The van der Waals surface area contributed by atoms with Gasteiger partial charge in [-0.2, -0.15) is 4.98 Å². The van der Waals surface area contributed by atoms with Crippen molar-refractivity contribution in [1.82, 2.24) is 24.3 Å². The van der Waals surface area contributed by atoms with Crippen LogP contribution >= 0.6 is 11.8 Å². The van der Waals surface area contributed by atoms with Crippen molar-refractivity contribution in [3.8, 4) is 0 Å². The molecule has 0 saturated carbocycles. The van der Waals surface area contributed by atoms with Crippen LogP contribution in [0, 0.1) is 5.41 Å². The average molecular weight is 540 g/mol. The minimum absolute atomic E-state index is 0.0174. The molecule has 0 aliphatic carbocycles. The van der Waals surface area contributed by atoms with Crippen molar-refractivity contribution in [1.29, 1.82) is 0 Å². The molecule has 0 atom stereocenters. The van der Waals surface area contributed by atoms with Crippen LogP contribution in [0.2, 0.25) is 0 Å². The molecule has 0 aliphatic heterocycles. The van der Waals surface area contributed by atoms with Gasteiger partial charge < -0.3 is 33.6 Å². The second-order valence-electron chi connectivity index (χ2n) is 11.2. The van der Waals surface area contributed by atoms with Gasteiger partial charge in [-0.3, -0.25) is 4.79 Å². The molecule has 0 bridgehead atoms. The Morgan fingerprint density at radius 1 is 1.16 bits per heavy atom. The lowest BCUT2D eigenvalue weighted by Gasteiger charge is -2.30. The first kappa shape index (κ1) is 30.5. The SMILES string of the molecule is CC(C)OCCn1c(SCOC(=O)NCC(C)(C)C)nc(=O)c2c1ccn2COC(=O)N(C)C(C)(C)C. The van der Waals surface area contributed by atoms with E-state index in [1.165, 1.54) is 4.90 Å². The third-order valence-electron chi connectivity index (χ3n) is 5.38. The molecule has 2 aromatic rings. The van der Waals surface area contributed by atoms with Gasteiger partial charge in [-0.1, -0.05) is 20.8 Å². The molecule has 2 aromatic heterocycles. The summed E-state index contributed by atoms with van der Waals surface area (Å²) in [5.41, 5.74) is -0.0188. The molecule has 2 heterocycles. The molecule has 12 heteroatoms. The topological polar surface area (TPSA) is 117 Å². The smallest absolute Gasteiger partial charge is 0.411 e. The summed E-state index contributed by atoms with van der Waals surface area (Å²) in [5.74, 6) is -0.0174. The predicted molar refractivity (Wildman–Crippen MR) is 144 cm³/mol. The number of amides is 2. The van der Waals surface area contributed by atoms with Gasteiger partial charge in [0.25, 0.3) is 5.56 Å². The van der Waals surface area contributed by atoms with Crippen LogP contribution in [0.3, 0.4) is 0 Å². The van der Waals surface area contributed by atoms with Gasteiger partial charge in [-0.25, -0.2) is 9.59 Å². The summed E-state index contributed by atoms with van der Waals surface area (Å²) in [6.07, 6.45) is 0.691. The van der Waals surface area contributed by atoms with Crippen molar-refractivity contribution < 1.29 is 23.8 Å². The maximum atomic E-state index is 13.0. The summed E-state index contributed by atoms with van der Waals surface area (Å²) in [5, 5.41) is 3.12. The number of carbonyl (C=O) groups is 2. The van der Waals surface area contributed by atoms with Crippen LogP contribution in [-0.4, -0.2) is 69.0 Å². The summed E-state index contributed by atoms with van der Waals surface area (Å²) in [6, 6.07) is 1.77. The Morgan fingerprint density at radius 2 is 1.84 bits per heavy atom. The Morgan fingerprint density at radius 3 is 2.43 bits per heavy atom. The van der Waals surface area contributed by atoms with Gasteiger partial charge >= 0.3 is 12.2 Å². The van der Waals surface area contributed by atoms with Crippen LogP contribution in [0.15, 0.2) is 22.2 Å². The molecule has 0 spiro atoms. The number of rotatable bonds is 10. The number of carbonyl (C=O) groups excluding carboxylic acids is 2. The molecule has 0 unspecified atom stereocenters. The second kappa shape index (κ2) is 12.7. The molecule has 11 nitrogen and oxygen atoms in total. The molecule has 2 amide bonds. The number of nitrogens with zero attached hydrogens (tertiary/aromatic N) is 4. The van der Waals surface area contributed by atoms with Gasteiger partial charge in [-0.15, -0.1) is 0 Å². The predicted octanol–water partition coefficient (Wildman–Crippen LogP) is 4.27. The Kier molecular flexibility index (Phi) is 10.5. The van der Waals surface area contributed by atoms with Crippen LogP contribution in [0.1, 0.15) is 55.4 Å². The van der Waals surface area contributed by atoms with Crippen molar-refractivity contribution in [2.75, 3.05) is 26.1 Å².